The molecule has 0 spiro atoms. The number of hydrogen-bond acceptors (Lipinski definition) is 3. The van der Waals surface area contributed by atoms with Crippen LogP contribution in [0.5, 0.6) is 0 Å². The zero-order valence-corrected chi connectivity index (χ0v) is 10.6. The Kier molecular flexibility index (Phi) is 2.92. The summed E-state index contributed by atoms with van der Waals surface area (Å²) in [5, 5.41) is 7.73. The highest BCUT2D eigenvalue weighted by atomic mass is 15.3. The predicted octanol–water partition coefficient (Wildman–Crippen LogP) is 2.20. The first-order valence-electron chi connectivity index (χ1n) is 6.41. The number of para-hydroxylation sites is 2. The molecule has 3 rings (SSSR count). The Balaban J connectivity index is 1.78. The van der Waals surface area contributed by atoms with Crippen molar-refractivity contribution in [3.05, 3.63) is 42.7 Å². The largest absolute Gasteiger partial charge is 0.381 e. The molecule has 1 aliphatic heterocycles. The molecular weight excluding hydrogens is 224 g/mol. The van der Waals surface area contributed by atoms with E-state index in [-0.39, 0.29) is 0 Å². The number of nitrogens with zero attached hydrogens (tertiary/aromatic N) is 3. The van der Waals surface area contributed by atoms with Crippen LogP contribution in [0.25, 0.3) is 0 Å². The molecule has 1 atom stereocenters. The summed E-state index contributed by atoms with van der Waals surface area (Å²) in [7, 11) is 0. The van der Waals surface area contributed by atoms with E-state index in [0.717, 1.165) is 19.6 Å². The maximum absolute atomic E-state index is 4.26. The van der Waals surface area contributed by atoms with Crippen molar-refractivity contribution in [3.8, 4) is 0 Å². The SMILES string of the molecule is CC1CNc2ccccc2N1CCn1cccn1. The van der Waals surface area contributed by atoms with Gasteiger partial charge in [-0.05, 0) is 25.1 Å². The number of aromatic nitrogens is 2. The zero-order chi connectivity index (χ0) is 12.4. The summed E-state index contributed by atoms with van der Waals surface area (Å²) in [4.78, 5) is 2.45. The van der Waals surface area contributed by atoms with Crippen molar-refractivity contribution in [2.45, 2.75) is 19.5 Å². The predicted molar refractivity (Wildman–Crippen MR) is 74.0 cm³/mol. The minimum atomic E-state index is 0.510. The molecule has 0 radical (unpaired) electrons. The molecule has 18 heavy (non-hydrogen) atoms. The first-order chi connectivity index (χ1) is 8.84. The number of fused-ring (bicyclic) bond motifs is 1. The van der Waals surface area contributed by atoms with Gasteiger partial charge in [0.05, 0.1) is 17.9 Å². The van der Waals surface area contributed by atoms with E-state index in [9.17, 15) is 0 Å². The van der Waals surface area contributed by atoms with E-state index >= 15 is 0 Å². The van der Waals surface area contributed by atoms with E-state index in [1.807, 2.05) is 23.1 Å². The van der Waals surface area contributed by atoms with Gasteiger partial charge < -0.3 is 10.2 Å². The first-order valence-corrected chi connectivity index (χ1v) is 6.41. The average Bonchev–Trinajstić information content (AvgIpc) is 2.91. The summed E-state index contributed by atoms with van der Waals surface area (Å²) in [5.74, 6) is 0. The summed E-state index contributed by atoms with van der Waals surface area (Å²) in [6.45, 7) is 5.16. The highest BCUT2D eigenvalue weighted by molar-refractivity contribution is 5.72. The van der Waals surface area contributed by atoms with Gasteiger partial charge >= 0.3 is 0 Å². The second-order valence-corrected chi connectivity index (χ2v) is 4.71. The molecule has 2 heterocycles. The molecule has 0 fully saturated rings. The number of anilines is 2. The topological polar surface area (TPSA) is 33.1 Å². The molecule has 0 saturated carbocycles. The fourth-order valence-electron chi connectivity index (χ4n) is 2.46. The van der Waals surface area contributed by atoms with E-state index in [0.29, 0.717) is 6.04 Å². The Labute approximate surface area is 107 Å². The van der Waals surface area contributed by atoms with Crippen molar-refractivity contribution < 1.29 is 0 Å². The maximum atomic E-state index is 4.26. The minimum Gasteiger partial charge on any atom is -0.381 e. The monoisotopic (exact) mass is 242 g/mol. The second-order valence-electron chi connectivity index (χ2n) is 4.71. The van der Waals surface area contributed by atoms with Crippen molar-refractivity contribution in [2.75, 3.05) is 23.3 Å². The summed E-state index contributed by atoms with van der Waals surface area (Å²) in [5.41, 5.74) is 2.53. The lowest BCUT2D eigenvalue weighted by atomic mass is 10.1. The van der Waals surface area contributed by atoms with Crippen molar-refractivity contribution >= 4 is 11.4 Å². The van der Waals surface area contributed by atoms with Crippen LogP contribution in [0.2, 0.25) is 0 Å². The van der Waals surface area contributed by atoms with E-state index in [1.54, 1.807) is 0 Å². The highest BCUT2D eigenvalue weighted by Gasteiger charge is 2.21. The highest BCUT2D eigenvalue weighted by Crippen LogP contribution is 2.30. The van der Waals surface area contributed by atoms with Gasteiger partial charge in [0.2, 0.25) is 0 Å². The second kappa shape index (κ2) is 4.72. The molecule has 1 aromatic heterocycles. The fourth-order valence-corrected chi connectivity index (χ4v) is 2.46. The number of hydrogen-bond donors (Lipinski definition) is 1. The number of nitrogens with one attached hydrogen (secondary N) is 1. The number of benzene rings is 1. The van der Waals surface area contributed by atoms with Gasteiger partial charge in [-0.3, -0.25) is 4.68 Å². The molecule has 0 amide bonds. The van der Waals surface area contributed by atoms with Crippen LogP contribution in [-0.2, 0) is 6.54 Å². The Hall–Kier alpha value is -1.97. The summed E-state index contributed by atoms with van der Waals surface area (Å²) >= 11 is 0. The van der Waals surface area contributed by atoms with Crippen LogP contribution in [0.15, 0.2) is 42.7 Å². The van der Waals surface area contributed by atoms with Crippen LogP contribution < -0.4 is 10.2 Å². The molecule has 2 aromatic rings. The molecule has 1 aromatic carbocycles. The zero-order valence-electron chi connectivity index (χ0n) is 10.6. The van der Waals surface area contributed by atoms with Crippen LogP contribution in [0.4, 0.5) is 11.4 Å². The number of rotatable bonds is 3. The first kappa shape index (κ1) is 11.1. The van der Waals surface area contributed by atoms with Gasteiger partial charge in [0.25, 0.3) is 0 Å². The van der Waals surface area contributed by atoms with Gasteiger partial charge in [-0.15, -0.1) is 0 Å². The van der Waals surface area contributed by atoms with Crippen molar-refractivity contribution in [1.82, 2.24) is 9.78 Å². The molecule has 1 aliphatic rings. The third-order valence-electron chi connectivity index (χ3n) is 3.46. The lowest BCUT2D eigenvalue weighted by Crippen LogP contribution is -2.43. The smallest absolute Gasteiger partial charge is 0.0605 e. The van der Waals surface area contributed by atoms with Gasteiger partial charge in [-0.1, -0.05) is 12.1 Å². The lowest BCUT2D eigenvalue weighted by Gasteiger charge is -2.37. The lowest BCUT2D eigenvalue weighted by molar-refractivity contribution is 0.556. The third kappa shape index (κ3) is 2.06. The van der Waals surface area contributed by atoms with Gasteiger partial charge in [0.15, 0.2) is 0 Å². The van der Waals surface area contributed by atoms with E-state index in [4.69, 9.17) is 0 Å². The molecule has 1 N–H and O–H groups in total. The molecule has 94 valence electrons. The average molecular weight is 242 g/mol. The van der Waals surface area contributed by atoms with Crippen LogP contribution in [0, 0.1) is 0 Å². The Morgan fingerprint density at radius 3 is 3.00 bits per heavy atom. The van der Waals surface area contributed by atoms with Crippen LogP contribution in [0.1, 0.15) is 6.92 Å². The van der Waals surface area contributed by atoms with Crippen LogP contribution in [-0.4, -0.2) is 28.9 Å². The summed E-state index contributed by atoms with van der Waals surface area (Å²) in [6.07, 6.45) is 3.84. The van der Waals surface area contributed by atoms with Crippen LogP contribution in [0.3, 0.4) is 0 Å². The molecule has 1 unspecified atom stereocenters. The Morgan fingerprint density at radius 1 is 1.28 bits per heavy atom. The maximum Gasteiger partial charge on any atom is 0.0605 e. The van der Waals surface area contributed by atoms with Crippen molar-refractivity contribution in [3.63, 3.8) is 0 Å². The molecule has 0 bridgehead atoms. The van der Waals surface area contributed by atoms with Gasteiger partial charge in [0.1, 0.15) is 0 Å². The van der Waals surface area contributed by atoms with E-state index in [2.05, 4.69) is 46.5 Å². The Bertz CT molecular complexity index is 506. The van der Waals surface area contributed by atoms with Crippen molar-refractivity contribution in [2.24, 2.45) is 0 Å². The summed E-state index contributed by atoms with van der Waals surface area (Å²) in [6, 6.07) is 11.0. The minimum absolute atomic E-state index is 0.510. The van der Waals surface area contributed by atoms with Gasteiger partial charge in [0, 0.05) is 31.5 Å². The molecule has 4 nitrogen and oxygen atoms in total. The van der Waals surface area contributed by atoms with Gasteiger partial charge in [-0.25, -0.2) is 0 Å². The fraction of sp³-hybridized carbons (Fsp3) is 0.357. The third-order valence-corrected chi connectivity index (χ3v) is 3.46. The van der Waals surface area contributed by atoms with Crippen molar-refractivity contribution in [1.29, 1.82) is 0 Å². The molecule has 4 heteroatoms. The van der Waals surface area contributed by atoms with Crippen LogP contribution >= 0.6 is 0 Å². The Morgan fingerprint density at radius 2 is 2.17 bits per heavy atom. The molecule has 0 aliphatic carbocycles. The molecule has 0 saturated heterocycles. The van der Waals surface area contributed by atoms with E-state index < -0.39 is 0 Å². The standard InChI is InChI=1S/C14H18N4/c1-12-11-15-13-5-2-3-6-14(13)18(12)10-9-17-8-4-7-16-17/h2-8,12,15H,9-11H2,1H3. The van der Waals surface area contributed by atoms with E-state index in [1.165, 1.54) is 11.4 Å². The van der Waals surface area contributed by atoms with Gasteiger partial charge in [-0.2, -0.15) is 5.10 Å². The normalized spacial score (nSPS) is 18.3. The summed E-state index contributed by atoms with van der Waals surface area (Å²) < 4.78 is 1.98. The quantitative estimate of drug-likeness (QED) is 0.895. The molecular formula is C14H18N4.